The van der Waals surface area contributed by atoms with Crippen molar-refractivity contribution in [3.05, 3.63) is 86.0 Å². The molecule has 3 aromatic rings. The van der Waals surface area contributed by atoms with Crippen LogP contribution in [0.2, 0.25) is 10.0 Å². The summed E-state index contributed by atoms with van der Waals surface area (Å²) >= 11 is 12.3. The number of hydrogen-bond acceptors (Lipinski definition) is 5. The summed E-state index contributed by atoms with van der Waals surface area (Å²) in [5.74, 6) is 1.64. The molecule has 4 rings (SSSR count). The number of pyridine rings is 1. The van der Waals surface area contributed by atoms with Gasteiger partial charge in [-0.1, -0.05) is 29.3 Å². The summed E-state index contributed by atoms with van der Waals surface area (Å²) in [5.41, 5.74) is 1.84. The topological polar surface area (TPSA) is 74.5 Å². The summed E-state index contributed by atoms with van der Waals surface area (Å²) in [6.07, 6.45) is 2.59. The highest BCUT2D eigenvalue weighted by Crippen LogP contribution is 2.39. The van der Waals surface area contributed by atoms with E-state index in [9.17, 15) is 10.1 Å². The van der Waals surface area contributed by atoms with E-state index in [0.29, 0.717) is 15.8 Å². The molecule has 1 atom stereocenters. The fourth-order valence-corrected chi connectivity index (χ4v) is 3.60. The summed E-state index contributed by atoms with van der Waals surface area (Å²) in [6, 6.07) is 13.7. The van der Waals surface area contributed by atoms with Gasteiger partial charge in [-0.3, -0.25) is 10.1 Å². The van der Waals surface area contributed by atoms with E-state index in [0.717, 1.165) is 35.9 Å². The van der Waals surface area contributed by atoms with E-state index in [1.807, 2.05) is 18.2 Å². The zero-order valence-corrected chi connectivity index (χ0v) is 16.0. The third kappa shape index (κ3) is 3.88. The highest BCUT2D eigenvalue weighted by atomic mass is 35.5. The maximum atomic E-state index is 10.7. The number of ether oxygens (including phenoxy) is 2. The molecule has 0 fully saturated rings. The van der Waals surface area contributed by atoms with Gasteiger partial charge < -0.3 is 9.47 Å². The molecule has 0 bridgehead atoms. The van der Waals surface area contributed by atoms with Gasteiger partial charge in [0.15, 0.2) is 0 Å². The van der Waals surface area contributed by atoms with E-state index < -0.39 is 4.92 Å². The van der Waals surface area contributed by atoms with Crippen LogP contribution in [0, 0.1) is 10.1 Å². The third-order valence-electron chi connectivity index (χ3n) is 4.44. The largest absolute Gasteiger partial charge is 0.485 e. The molecule has 0 amide bonds. The van der Waals surface area contributed by atoms with Crippen LogP contribution < -0.4 is 9.47 Å². The standard InChI is InChI=1S/C20H14Cl2N2O4/c21-13-2-5-16(17(22)10-13)19-6-1-12-9-15(4-7-18(12)28-19)27-20-8-3-14(11-23-20)24(25)26/h2-5,7-11,19H,1,6H2. The van der Waals surface area contributed by atoms with E-state index in [-0.39, 0.29) is 17.7 Å². The quantitative estimate of drug-likeness (QED) is 0.376. The lowest BCUT2D eigenvalue weighted by atomic mass is 9.97. The zero-order valence-electron chi connectivity index (χ0n) is 14.5. The second kappa shape index (κ2) is 7.66. The Kier molecular flexibility index (Phi) is 5.07. The number of nitrogens with zero attached hydrogens (tertiary/aromatic N) is 2. The Labute approximate surface area is 170 Å². The first kappa shape index (κ1) is 18.5. The predicted octanol–water partition coefficient (Wildman–Crippen LogP) is 6.16. The van der Waals surface area contributed by atoms with Crippen LogP contribution in [-0.2, 0) is 6.42 Å². The van der Waals surface area contributed by atoms with E-state index in [2.05, 4.69) is 4.98 Å². The first-order valence-electron chi connectivity index (χ1n) is 8.52. The first-order chi connectivity index (χ1) is 13.5. The fourth-order valence-electron chi connectivity index (χ4n) is 3.07. The van der Waals surface area contributed by atoms with Crippen molar-refractivity contribution in [1.29, 1.82) is 0 Å². The molecule has 142 valence electrons. The fraction of sp³-hybridized carbons (Fsp3) is 0.150. The van der Waals surface area contributed by atoms with Crippen molar-refractivity contribution in [3.63, 3.8) is 0 Å². The van der Waals surface area contributed by atoms with Crippen LogP contribution in [-0.4, -0.2) is 9.91 Å². The van der Waals surface area contributed by atoms with Gasteiger partial charge >= 0.3 is 0 Å². The highest BCUT2D eigenvalue weighted by molar-refractivity contribution is 6.35. The van der Waals surface area contributed by atoms with Crippen molar-refractivity contribution in [2.75, 3.05) is 0 Å². The molecule has 1 unspecified atom stereocenters. The number of hydrogen-bond donors (Lipinski definition) is 0. The molecular weight excluding hydrogens is 403 g/mol. The molecule has 1 aliphatic rings. The molecular formula is C20H14Cl2N2O4. The van der Waals surface area contributed by atoms with Crippen LogP contribution in [0.1, 0.15) is 23.7 Å². The molecule has 2 aromatic carbocycles. The Morgan fingerprint density at radius 3 is 2.71 bits per heavy atom. The number of aryl methyl sites for hydroxylation is 1. The van der Waals surface area contributed by atoms with Gasteiger partial charge in [0.1, 0.15) is 23.8 Å². The van der Waals surface area contributed by atoms with Crippen LogP contribution in [0.4, 0.5) is 5.69 Å². The van der Waals surface area contributed by atoms with Crippen molar-refractivity contribution in [3.8, 4) is 17.4 Å². The van der Waals surface area contributed by atoms with Crippen molar-refractivity contribution in [1.82, 2.24) is 4.98 Å². The first-order valence-corrected chi connectivity index (χ1v) is 9.28. The van der Waals surface area contributed by atoms with Crippen LogP contribution in [0.25, 0.3) is 0 Å². The Balaban J connectivity index is 1.50. The molecule has 1 aromatic heterocycles. The molecule has 6 nitrogen and oxygen atoms in total. The molecule has 0 aliphatic carbocycles. The maximum Gasteiger partial charge on any atom is 0.287 e. The number of rotatable bonds is 4. The van der Waals surface area contributed by atoms with Gasteiger partial charge in [-0.2, -0.15) is 0 Å². The molecule has 0 saturated heterocycles. The van der Waals surface area contributed by atoms with Crippen molar-refractivity contribution >= 4 is 28.9 Å². The summed E-state index contributed by atoms with van der Waals surface area (Å²) in [6.45, 7) is 0. The minimum Gasteiger partial charge on any atom is -0.485 e. The van der Waals surface area contributed by atoms with E-state index in [1.54, 1.807) is 18.2 Å². The normalized spacial score (nSPS) is 15.4. The maximum absolute atomic E-state index is 10.7. The van der Waals surface area contributed by atoms with Crippen LogP contribution in [0.15, 0.2) is 54.7 Å². The van der Waals surface area contributed by atoms with E-state index >= 15 is 0 Å². The number of benzene rings is 2. The summed E-state index contributed by atoms with van der Waals surface area (Å²) in [5, 5.41) is 11.9. The second-order valence-electron chi connectivity index (χ2n) is 6.29. The van der Waals surface area contributed by atoms with Gasteiger partial charge in [0, 0.05) is 27.7 Å². The molecule has 0 radical (unpaired) electrons. The third-order valence-corrected chi connectivity index (χ3v) is 5.00. The van der Waals surface area contributed by atoms with Crippen molar-refractivity contribution in [2.24, 2.45) is 0 Å². The number of fused-ring (bicyclic) bond motifs is 1. The second-order valence-corrected chi connectivity index (χ2v) is 7.14. The lowest BCUT2D eigenvalue weighted by molar-refractivity contribution is -0.385. The lowest BCUT2D eigenvalue weighted by Crippen LogP contribution is -2.15. The average molecular weight is 417 g/mol. The Morgan fingerprint density at radius 1 is 1.14 bits per heavy atom. The molecule has 0 N–H and O–H groups in total. The lowest BCUT2D eigenvalue weighted by Gasteiger charge is -2.27. The summed E-state index contributed by atoms with van der Waals surface area (Å²) in [4.78, 5) is 14.1. The van der Waals surface area contributed by atoms with Gasteiger partial charge in [-0.05, 0) is 48.7 Å². The minimum atomic E-state index is -0.504. The molecule has 1 aliphatic heterocycles. The van der Waals surface area contributed by atoms with Crippen molar-refractivity contribution in [2.45, 2.75) is 18.9 Å². The number of halogens is 2. The van der Waals surface area contributed by atoms with Crippen LogP contribution in [0.3, 0.4) is 0 Å². The van der Waals surface area contributed by atoms with Crippen LogP contribution in [0.5, 0.6) is 17.4 Å². The average Bonchev–Trinajstić information content (AvgIpc) is 2.68. The monoisotopic (exact) mass is 416 g/mol. The predicted molar refractivity (Wildman–Crippen MR) is 106 cm³/mol. The SMILES string of the molecule is O=[N+]([O-])c1ccc(Oc2ccc3c(c2)CCC(c2ccc(Cl)cc2Cl)O3)nc1. The molecule has 8 heteroatoms. The molecule has 0 spiro atoms. The Bertz CT molecular complexity index is 1040. The van der Waals surface area contributed by atoms with Gasteiger partial charge in [-0.15, -0.1) is 0 Å². The molecule has 0 saturated carbocycles. The van der Waals surface area contributed by atoms with E-state index in [1.165, 1.54) is 12.1 Å². The number of nitro groups is 1. The highest BCUT2D eigenvalue weighted by Gasteiger charge is 2.24. The molecule has 2 heterocycles. The minimum absolute atomic E-state index is 0.0851. The van der Waals surface area contributed by atoms with Gasteiger partial charge in [0.05, 0.1) is 4.92 Å². The summed E-state index contributed by atoms with van der Waals surface area (Å²) < 4.78 is 11.8. The van der Waals surface area contributed by atoms with Gasteiger partial charge in [0.2, 0.25) is 5.88 Å². The Morgan fingerprint density at radius 2 is 2.00 bits per heavy atom. The van der Waals surface area contributed by atoms with Crippen LogP contribution >= 0.6 is 23.2 Å². The number of aromatic nitrogens is 1. The summed E-state index contributed by atoms with van der Waals surface area (Å²) in [7, 11) is 0. The van der Waals surface area contributed by atoms with E-state index in [4.69, 9.17) is 32.7 Å². The van der Waals surface area contributed by atoms with Gasteiger partial charge in [-0.25, -0.2) is 4.98 Å². The Hall–Kier alpha value is -2.83. The smallest absolute Gasteiger partial charge is 0.287 e. The molecule has 28 heavy (non-hydrogen) atoms. The zero-order chi connectivity index (χ0) is 19.7. The van der Waals surface area contributed by atoms with Gasteiger partial charge in [0.25, 0.3) is 5.69 Å². The van der Waals surface area contributed by atoms with Crippen molar-refractivity contribution < 1.29 is 14.4 Å².